The van der Waals surface area contributed by atoms with Crippen LogP contribution in [0.15, 0.2) is 162 Å². The summed E-state index contributed by atoms with van der Waals surface area (Å²) >= 11 is 3.70. The van der Waals surface area contributed by atoms with Crippen LogP contribution in [0.25, 0.3) is 44.5 Å². The Hall–Kier alpha value is -5.18. The average Bonchev–Trinajstić information content (AvgIpc) is 3.51. The van der Waals surface area contributed by atoms with E-state index < -0.39 is 0 Å². The minimum absolute atomic E-state index is 0.0614. The summed E-state index contributed by atoms with van der Waals surface area (Å²) in [6, 6.07) is 58.2. The number of anilines is 3. The predicted octanol–water partition coefficient (Wildman–Crippen LogP) is 13.9. The molecule has 0 bridgehead atoms. The van der Waals surface area contributed by atoms with E-state index in [0.29, 0.717) is 0 Å². The van der Waals surface area contributed by atoms with Crippen LogP contribution >= 0.6 is 15.9 Å². The fraction of sp³-hybridized carbons (Fsp3) is 0.125. The van der Waals surface area contributed by atoms with Crippen molar-refractivity contribution in [1.29, 1.82) is 0 Å². The van der Waals surface area contributed by atoms with Crippen molar-refractivity contribution in [2.24, 2.45) is 0 Å². The van der Waals surface area contributed by atoms with E-state index in [2.05, 4.69) is 206 Å². The molecule has 0 aromatic heterocycles. The van der Waals surface area contributed by atoms with Gasteiger partial charge in [0, 0.05) is 32.4 Å². The van der Waals surface area contributed by atoms with Gasteiger partial charge in [-0.3, -0.25) is 0 Å². The molecule has 0 radical (unpaired) electrons. The van der Waals surface area contributed by atoms with E-state index in [4.69, 9.17) is 0 Å². The van der Waals surface area contributed by atoms with Gasteiger partial charge in [0.05, 0.1) is 0 Å². The molecule has 0 N–H and O–H groups in total. The number of nitrogens with zero attached hydrogens (tertiary/aromatic N) is 1. The van der Waals surface area contributed by atoms with Crippen molar-refractivity contribution >= 4 is 33.0 Å². The molecule has 7 aromatic carbocycles. The molecule has 0 fully saturated rings. The maximum atomic E-state index is 3.70. The van der Waals surface area contributed by atoms with Crippen LogP contribution in [0, 0.1) is 0 Å². The Morgan fingerprint density at radius 1 is 0.360 bits per heavy atom. The molecular weight excluding hydrogens is 670 g/mol. The summed E-state index contributed by atoms with van der Waals surface area (Å²) in [4.78, 5) is 2.40. The zero-order chi connectivity index (χ0) is 34.2. The van der Waals surface area contributed by atoms with E-state index in [1.165, 1.54) is 66.8 Å². The van der Waals surface area contributed by atoms with E-state index >= 15 is 0 Å². The summed E-state index contributed by atoms with van der Waals surface area (Å²) < 4.78 is 1.13. The Labute approximate surface area is 304 Å². The molecule has 0 spiro atoms. The second-order valence-electron chi connectivity index (χ2n) is 14.8. The van der Waals surface area contributed by atoms with Gasteiger partial charge in [-0.1, -0.05) is 147 Å². The summed E-state index contributed by atoms with van der Waals surface area (Å²) in [5.74, 6) is 0. The van der Waals surface area contributed by atoms with Gasteiger partial charge in [0.2, 0.25) is 0 Å². The lowest BCUT2D eigenvalue weighted by molar-refractivity contribution is 0.660. The molecule has 0 aliphatic heterocycles. The largest absolute Gasteiger partial charge is 0.310 e. The normalized spacial score (nSPS) is 14.4. The molecule has 0 amide bonds. The summed E-state index contributed by atoms with van der Waals surface area (Å²) in [6.07, 6.45) is 0. The molecule has 9 rings (SSSR count). The monoisotopic (exact) mass is 707 g/mol. The van der Waals surface area contributed by atoms with Gasteiger partial charge in [0.25, 0.3) is 0 Å². The van der Waals surface area contributed by atoms with E-state index in [9.17, 15) is 0 Å². The first kappa shape index (κ1) is 30.8. The van der Waals surface area contributed by atoms with Crippen LogP contribution in [0.2, 0.25) is 0 Å². The maximum Gasteiger partial charge on any atom is 0.0465 e. The number of fused-ring (bicyclic) bond motifs is 6. The molecule has 0 saturated heterocycles. The summed E-state index contributed by atoms with van der Waals surface area (Å²) in [7, 11) is 0. The van der Waals surface area contributed by atoms with Gasteiger partial charge in [-0.2, -0.15) is 0 Å². The standard InChI is InChI=1S/C48H38BrN/c1-47(2)43-13-9-8-12-39(43)42-27-24-38(30-46(42)47)50(36-20-14-32(15-21-36)31-10-6-5-7-11-31)37-22-16-33(17-23-37)34-18-25-40-41-26-19-35(49)29-45(41)48(3,4)44(40)28-34/h5-30H,1-4H3. The maximum absolute atomic E-state index is 3.70. The van der Waals surface area contributed by atoms with Gasteiger partial charge in [-0.15, -0.1) is 0 Å². The molecular formula is C48H38BrN. The van der Waals surface area contributed by atoms with Gasteiger partial charge in [0.1, 0.15) is 0 Å². The lowest BCUT2D eigenvalue weighted by atomic mass is 9.81. The molecule has 2 aliphatic rings. The average molecular weight is 709 g/mol. The summed E-state index contributed by atoms with van der Waals surface area (Å²) in [5.41, 5.74) is 19.1. The molecule has 242 valence electrons. The highest BCUT2D eigenvalue weighted by molar-refractivity contribution is 9.10. The van der Waals surface area contributed by atoms with Crippen LogP contribution in [0.5, 0.6) is 0 Å². The topological polar surface area (TPSA) is 3.24 Å². The van der Waals surface area contributed by atoms with Crippen molar-refractivity contribution in [3.05, 3.63) is 184 Å². The van der Waals surface area contributed by atoms with Crippen LogP contribution in [0.3, 0.4) is 0 Å². The number of rotatable bonds is 5. The van der Waals surface area contributed by atoms with Crippen LogP contribution in [-0.4, -0.2) is 0 Å². The van der Waals surface area contributed by atoms with E-state index in [0.717, 1.165) is 21.5 Å². The number of benzene rings is 7. The Balaban J connectivity index is 1.12. The van der Waals surface area contributed by atoms with E-state index in [-0.39, 0.29) is 10.8 Å². The predicted molar refractivity (Wildman–Crippen MR) is 215 cm³/mol. The van der Waals surface area contributed by atoms with Gasteiger partial charge >= 0.3 is 0 Å². The second-order valence-corrected chi connectivity index (χ2v) is 15.7. The van der Waals surface area contributed by atoms with Crippen molar-refractivity contribution in [3.63, 3.8) is 0 Å². The lowest BCUT2D eigenvalue weighted by Crippen LogP contribution is -2.16. The summed E-state index contributed by atoms with van der Waals surface area (Å²) in [5, 5.41) is 0. The van der Waals surface area contributed by atoms with E-state index in [1.807, 2.05) is 0 Å². The molecule has 2 aliphatic carbocycles. The molecule has 0 unspecified atom stereocenters. The quantitative estimate of drug-likeness (QED) is 0.172. The third kappa shape index (κ3) is 4.81. The highest BCUT2D eigenvalue weighted by atomic mass is 79.9. The highest BCUT2D eigenvalue weighted by Gasteiger charge is 2.37. The number of hydrogen-bond acceptors (Lipinski definition) is 1. The molecule has 0 saturated carbocycles. The van der Waals surface area contributed by atoms with Crippen LogP contribution in [0.1, 0.15) is 49.9 Å². The molecule has 2 heteroatoms. The van der Waals surface area contributed by atoms with Crippen molar-refractivity contribution in [2.75, 3.05) is 4.90 Å². The number of halogens is 1. The fourth-order valence-electron chi connectivity index (χ4n) is 8.40. The molecule has 7 aromatic rings. The zero-order valence-electron chi connectivity index (χ0n) is 28.8. The van der Waals surface area contributed by atoms with Crippen molar-refractivity contribution in [1.82, 2.24) is 0 Å². The lowest BCUT2D eigenvalue weighted by Gasteiger charge is -2.28. The number of hydrogen-bond donors (Lipinski definition) is 0. The molecule has 50 heavy (non-hydrogen) atoms. The van der Waals surface area contributed by atoms with Gasteiger partial charge in [0.15, 0.2) is 0 Å². The molecule has 0 atom stereocenters. The Morgan fingerprint density at radius 3 is 1.48 bits per heavy atom. The highest BCUT2D eigenvalue weighted by Crippen LogP contribution is 2.52. The first-order valence-electron chi connectivity index (χ1n) is 17.5. The van der Waals surface area contributed by atoms with Gasteiger partial charge in [-0.25, -0.2) is 0 Å². The molecule has 0 heterocycles. The Bertz CT molecular complexity index is 2420. The van der Waals surface area contributed by atoms with Crippen molar-refractivity contribution in [3.8, 4) is 44.5 Å². The van der Waals surface area contributed by atoms with Crippen LogP contribution in [-0.2, 0) is 10.8 Å². The fourth-order valence-corrected chi connectivity index (χ4v) is 8.77. The van der Waals surface area contributed by atoms with E-state index in [1.54, 1.807) is 0 Å². The first-order valence-corrected chi connectivity index (χ1v) is 18.2. The first-order chi connectivity index (χ1) is 24.2. The Morgan fingerprint density at radius 2 is 0.800 bits per heavy atom. The minimum atomic E-state index is -0.0777. The third-order valence-corrected chi connectivity index (χ3v) is 11.6. The van der Waals surface area contributed by atoms with Crippen molar-refractivity contribution < 1.29 is 0 Å². The van der Waals surface area contributed by atoms with Crippen LogP contribution < -0.4 is 4.90 Å². The smallest absolute Gasteiger partial charge is 0.0465 e. The van der Waals surface area contributed by atoms with Crippen molar-refractivity contribution in [2.45, 2.75) is 38.5 Å². The Kier molecular flexibility index (Phi) is 7.06. The third-order valence-electron chi connectivity index (χ3n) is 11.2. The SMILES string of the molecule is CC1(C)c2cc(Br)ccc2-c2ccc(-c3ccc(N(c4ccc(-c5ccccc5)cc4)c4ccc5c(c4)C(C)(C)c4ccccc4-5)cc3)cc21. The minimum Gasteiger partial charge on any atom is -0.310 e. The second kappa shape index (κ2) is 11.4. The van der Waals surface area contributed by atoms with Gasteiger partial charge < -0.3 is 4.90 Å². The summed E-state index contributed by atoms with van der Waals surface area (Å²) in [6.45, 7) is 9.39. The van der Waals surface area contributed by atoms with Crippen LogP contribution in [0.4, 0.5) is 17.1 Å². The zero-order valence-corrected chi connectivity index (χ0v) is 30.4. The molecule has 1 nitrogen and oxygen atoms in total. The van der Waals surface area contributed by atoms with Gasteiger partial charge in [-0.05, 0) is 121 Å².